The Morgan fingerprint density at radius 1 is 1.44 bits per heavy atom. The second kappa shape index (κ2) is 7.05. The first-order valence-corrected chi connectivity index (χ1v) is 6.43. The van der Waals surface area contributed by atoms with Gasteiger partial charge in [0.15, 0.2) is 5.69 Å². The summed E-state index contributed by atoms with van der Waals surface area (Å²) in [5.41, 5.74) is -0.0343. The van der Waals surface area contributed by atoms with Crippen LogP contribution in [0.1, 0.15) is 23.3 Å². The van der Waals surface area contributed by atoms with Crippen LogP contribution in [0.5, 0.6) is 0 Å². The maximum atomic E-state index is 10.5. The summed E-state index contributed by atoms with van der Waals surface area (Å²) in [6, 6.07) is 3.07. The molecule has 0 radical (unpaired) electrons. The van der Waals surface area contributed by atoms with Gasteiger partial charge in [-0.1, -0.05) is 0 Å². The molecule has 1 rings (SSSR count). The van der Waals surface area contributed by atoms with Gasteiger partial charge >= 0.3 is 5.97 Å². The van der Waals surface area contributed by atoms with Crippen LogP contribution >= 0.6 is 11.8 Å². The fourth-order valence-corrected chi connectivity index (χ4v) is 1.62. The first-order valence-electron chi connectivity index (χ1n) is 5.04. The molecule has 0 atom stereocenters. The van der Waals surface area contributed by atoms with Gasteiger partial charge in [-0.3, -0.25) is 0 Å². The molecule has 0 unspecified atom stereocenters. The van der Waals surface area contributed by atoms with Crippen molar-refractivity contribution in [3.63, 3.8) is 0 Å². The van der Waals surface area contributed by atoms with Gasteiger partial charge < -0.3 is 10.4 Å². The molecule has 16 heavy (non-hydrogen) atoms. The van der Waals surface area contributed by atoms with Gasteiger partial charge in [0.25, 0.3) is 0 Å². The van der Waals surface area contributed by atoms with Crippen LogP contribution in [0.2, 0.25) is 0 Å². The first kappa shape index (κ1) is 12.8. The third-order valence-electron chi connectivity index (χ3n) is 1.97. The highest BCUT2D eigenvalue weighted by Gasteiger charge is 2.04. The lowest BCUT2D eigenvalue weighted by Gasteiger charge is -2.04. The number of anilines is 1. The normalized spacial score (nSPS) is 10.1. The highest BCUT2D eigenvalue weighted by Crippen LogP contribution is 2.03. The minimum atomic E-state index is -1.06. The van der Waals surface area contributed by atoms with Crippen LogP contribution in [0.3, 0.4) is 0 Å². The van der Waals surface area contributed by atoms with Crippen LogP contribution in [-0.2, 0) is 0 Å². The monoisotopic (exact) mass is 241 g/mol. The smallest absolute Gasteiger partial charge is 0.356 e. The second-order valence-electron chi connectivity index (χ2n) is 3.24. The maximum Gasteiger partial charge on any atom is 0.356 e. The number of carboxylic acid groups (broad SMARTS) is 1. The largest absolute Gasteiger partial charge is 0.476 e. The standard InChI is InChI=1S/C10H15N3O2S/c1-16-7-3-2-6-11-9-5-4-8(10(14)15)12-13-9/h4-5H,2-3,6-7H2,1H3,(H,11,13)(H,14,15). The molecular weight excluding hydrogens is 226 g/mol. The van der Waals surface area contributed by atoms with Crippen molar-refractivity contribution in [3.05, 3.63) is 17.8 Å². The number of rotatable bonds is 7. The van der Waals surface area contributed by atoms with E-state index in [4.69, 9.17) is 5.11 Å². The minimum Gasteiger partial charge on any atom is -0.476 e. The second-order valence-corrected chi connectivity index (χ2v) is 4.22. The quantitative estimate of drug-likeness (QED) is 0.708. The Kier molecular flexibility index (Phi) is 5.63. The Labute approximate surface area is 98.7 Å². The molecule has 0 fully saturated rings. The Morgan fingerprint density at radius 3 is 2.81 bits per heavy atom. The lowest BCUT2D eigenvalue weighted by atomic mass is 10.3. The molecule has 0 aliphatic heterocycles. The highest BCUT2D eigenvalue weighted by molar-refractivity contribution is 7.98. The van der Waals surface area contributed by atoms with E-state index in [2.05, 4.69) is 21.8 Å². The maximum absolute atomic E-state index is 10.5. The molecule has 0 aliphatic carbocycles. The van der Waals surface area contributed by atoms with Crippen LogP contribution in [-0.4, -0.2) is 39.8 Å². The lowest BCUT2D eigenvalue weighted by Crippen LogP contribution is -2.07. The van der Waals surface area contributed by atoms with E-state index in [1.807, 2.05) is 11.8 Å². The number of unbranched alkanes of at least 4 members (excludes halogenated alkanes) is 1. The predicted octanol–water partition coefficient (Wildman–Crippen LogP) is 1.73. The molecule has 0 aromatic carbocycles. The number of carbonyl (C=O) groups is 1. The number of hydrogen-bond donors (Lipinski definition) is 2. The molecule has 1 heterocycles. The summed E-state index contributed by atoms with van der Waals surface area (Å²) >= 11 is 1.83. The minimum absolute atomic E-state index is 0.0343. The van der Waals surface area contributed by atoms with Gasteiger partial charge in [0.05, 0.1) is 0 Å². The number of aromatic nitrogens is 2. The number of aromatic carboxylic acids is 1. The zero-order valence-electron chi connectivity index (χ0n) is 9.14. The third kappa shape index (κ3) is 4.48. The van der Waals surface area contributed by atoms with Crippen molar-refractivity contribution in [2.45, 2.75) is 12.8 Å². The van der Waals surface area contributed by atoms with Gasteiger partial charge in [-0.05, 0) is 37.0 Å². The lowest BCUT2D eigenvalue weighted by molar-refractivity contribution is 0.0689. The van der Waals surface area contributed by atoms with E-state index in [9.17, 15) is 4.79 Å². The summed E-state index contributed by atoms with van der Waals surface area (Å²) in [6.07, 6.45) is 4.32. The van der Waals surface area contributed by atoms with E-state index in [1.54, 1.807) is 6.07 Å². The van der Waals surface area contributed by atoms with Crippen LogP contribution in [0, 0.1) is 0 Å². The zero-order chi connectivity index (χ0) is 11.8. The van der Waals surface area contributed by atoms with E-state index in [-0.39, 0.29) is 5.69 Å². The summed E-state index contributed by atoms with van der Waals surface area (Å²) in [4.78, 5) is 10.5. The Morgan fingerprint density at radius 2 is 2.25 bits per heavy atom. The molecule has 1 aromatic heterocycles. The summed E-state index contributed by atoms with van der Waals surface area (Å²) < 4.78 is 0. The molecule has 0 saturated heterocycles. The van der Waals surface area contributed by atoms with Crippen LogP contribution in [0.25, 0.3) is 0 Å². The van der Waals surface area contributed by atoms with Crippen molar-refractivity contribution in [2.24, 2.45) is 0 Å². The van der Waals surface area contributed by atoms with Gasteiger partial charge in [0.2, 0.25) is 0 Å². The molecule has 0 spiro atoms. The number of nitrogens with one attached hydrogen (secondary N) is 1. The third-order valence-corrected chi connectivity index (χ3v) is 2.66. The number of nitrogens with zero attached hydrogens (tertiary/aromatic N) is 2. The molecule has 6 heteroatoms. The Bertz CT molecular complexity index is 329. The van der Waals surface area contributed by atoms with Crippen molar-refractivity contribution in [1.29, 1.82) is 0 Å². The molecular formula is C10H15N3O2S. The predicted molar refractivity (Wildman–Crippen MR) is 65.1 cm³/mol. The number of thioether (sulfide) groups is 1. The van der Waals surface area contributed by atoms with Crippen molar-refractivity contribution in [1.82, 2.24) is 10.2 Å². The van der Waals surface area contributed by atoms with Crippen molar-refractivity contribution >= 4 is 23.5 Å². The molecule has 1 aromatic rings. The molecule has 5 nitrogen and oxygen atoms in total. The summed E-state index contributed by atoms with van der Waals surface area (Å²) in [7, 11) is 0. The number of carboxylic acids is 1. The topological polar surface area (TPSA) is 75.1 Å². The fraction of sp³-hybridized carbons (Fsp3) is 0.500. The summed E-state index contributed by atoms with van der Waals surface area (Å²) in [6.45, 7) is 0.835. The van der Waals surface area contributed by atoms with Crippen LogP contribution in [0.15, 0.2) is 12.1 Å². The van der Waals surface area contributed by atoms with Crippen molar-refractivity contribution < 1.29 is 9.90 Å². The van der Waals surface area contributed by atoms with E-state index < -0.39 is 5.97 Å². The van der Waals surface area contributed by atoms with Gasteiger partial charge in [-0.25, -0.2) is 4.79 Å². The summed E-state index contributed by atoms with van der Waals surface area (Å²) in [5, 5.41) is 19.1. The van der Waals surface area contributed by atoms with Crippen molar-refractivity contribution in [2.75, 3.05) is 23.9 Å². The number of hydrogen-bond acceptors (Lipinski definition) is 5. The highest BCUT2D eigenvalue weighted by atomic mass is 32.2. The fourth-order valence-electron chi connectivity index (χ4n) is 1.13. The van der Waals surface area contributed by atoms with Gasteiger partial charge in [0, 0.05) is 6.54 Å². The first-order chi connectivity index (χ1) is 7.74. The average molecular weight is 241 g/mol. The van der Waals surface area contributed by atoms with E-state index in [0.717, 1.165) is 25.1 Å². The van der Waals surface area contributed by atoms with E-state index in [0.29, 0.717) is 5.82 Å². The van der Waals surface area contributed by atoms with E-state index >= 15 is 0 Å². The van der Waals surface area contributed by atoms with Crippen LogP contribution < -0.4 is 5.32 Å². The Hall–Kier alpha value is -1.30. The summed E-state index contributed by atoms with van der Waals surface area (Å²) in [5.74, 6) is 0.721. The van der Waals surface area contributed by atoms with Crippen LogP contribution in [0.4, 0.5) is 5.82 Å². The molecule has 88 valence electrons. The molecule has 0 saturated carbocycles. The SMILES string of the molecule is CSCCCCNc1ccc(C(=O)O)nn1. The van der Waals surface area contributed by atoms with E-state index in [1.165, 1.54) is 6.07 Å². The van der Waals surface area contributed by atoms with Crippen molar-refractivity contribution in [3.8, 4) is 0 Å². The molecule has 0 amide bonds. The van der Waals surface area contributed by atoms with Gasteiger partial charge in [0.1, 0.15) is 5.82 Å². The van der Waals surface area contributed by atoms with Gasteiger partial charge in [-0.2, -0.15) is 11.8 Å². The average Bonchev–Trinajstić information content (AvgIpc) is 2.29. The molecule has 2 N–H and O–H groups in total. The Balaban J connectivity index is 2.29. The van der Waals surface area contributed by atoms with Gasteiger partial charge in [-0.15, -0.1) is 10.2 Å². The zero-order valence-corrected chi connectivity index (χ0v) is 9.96. The molecule has 0 bridgehead atoms. The molecule has 0 aliphatic rings.